The molecule has 3 nitrogen and oxygen atoms in total. The van der Waals surface area contributed by atoms with E-state index in [0.717, 1.165) is 67.2 Å². The van der Waals surface area contributed by atoms with Crippen LogP contribution < -0.4 is 25.9 Å². The Labute approximate surface area is 171 Å². The average molecular weight is 375 g/mol. The van der Waals surface area contributed by atoms with Gasteiger partial charge in [-0.3, -0.25) is 0 Å². The molecule has 0 N–H and O–H groups in total. The fraction of sp³-hybridized carbons (Fsp3) is 0.160. The van der Waals surface area contributed by atoms with Crippen LogP contribution in [0.25, 0.3) is 0 Å². The first-order valence-electron chi connectivity index (χ1n) is 9.59. The molecule has 0 bridgehead atoms. The Morgan fingerprint density at radius 2 is 1.38 bits per heavy atom. The Kier molecular flexibility index (Phi) is 3.58. The molecular formula is C25H18BNO2. The lowest BCUT2D eigenvalue weighted by atomic mass is 9.34. The van der Waals surface area contributed by atoms with Gasteiger partial charge in [0.25, 0.3) is 6.71 Å². The first-order valence-corrected chi connectivity index (χ1v) is 9.59. The van der Waals surface area contributed by atoms with Crippen LogP contribution in [-0.4, -0.2) is 6.71 Å². The fourth-order valence-electron chi connectivity index (χ4n) is 4.77. The van der Waals surface area contributed by atoms with Gasteiger partial charge in [0.1, 0.15) is 23.0 Å². The first kappa shape index (κ1) is 17.5. The molecule has 0 aromatic heterocycles. The van der Waals surface area contributed by atoms with Crippen LogP contribution in [0.4, 0.5) is 0 Å². The summed E-state index contributed by atoms with van der Waals surface area (Å²) >= 11 is 0. The number of nitriles is 1. The van der Waals surface area contributed by atoms with Gasteiger partial charge in [0.05, 0.1) is 11.6 Å². The van der Waals surface area contributed by atoms with E-state index in [0.29, 0.717) is 5.56 Å². The van der Waals surface area contributed by atoms with Crippen molar-refractivity contribution in [3.63, 3.8) is 0 Å². The number of terminal acetylenes is 1. The van der Waals surface area contributed by atoms with Gasteiger partial charge in [-0.1, -0.05) is 24.1 Å². The number of hydrogen-bond donors (Lipinski definition) is 0. The summed E-state index contributed by atoms with van der Waals surface area (Å²) < 4.78 is 12.7. The molecule has 0 atom stereocenters. The van der Waals surface area contributed by atoms with Crippen LogP contribution in [0.15, 0.2) is 30.3 Å². The number of benzene rings is 3. The van der Waals surface area contributed by atoms with Crippen LogP contribution >= 0.6 is 0 Å². The van der Waals surface area contributed by atoms with Crippen molar-refractivity contribution in [2.24, 2.45) is 0 Å². The van der Waals surface area contributed by atoms with E-state index in [2.05, 4.69) is 24.1 Å². The van der Waals surface area contributed by atoms with Gasteiger partial charge in [-0.25, -0.2) is 0 Å². The highest BCUT2D eigenvalue weighted by atomic mass is 16.5. The summed E-state index contributed by atoms with van der Waals surface area (Å²) in [4.78, 5) is 0. The molecule has 2 aliphatic rings. The van der Waals surface area contributed by atoms with E-state index in [-0.39, 0.29) is 6.71 Å². The van der Waals surface area contributed by atoms with Crippen molar-refractivity contribution in [3.05, 3.63) is 63.7 Å². The maximum atomic E-state index is 9.62. The quantitative estimate of drug-likeness (QED) is 0.307. The van der Waals surface area contributed by atoms with E-state index in [1.807, 2.05) is 45.9 Å². The molecule has 0 unspecified atom stereocenters. The van der Waals surface area contributed by atoms with E-state index in [9.17, 15) is 5.26 Å². The number of hydrogen-bond acceptors (Lipinski definition) is 3. The zero-order valence-corrected chi connectivity index (χ0v) is 16.8. The lowest BCUT2D eigenvalue weighted by molar-refractivity contribution is 0.460. The van der Waals surface area contributed by atoms with Crippen molar-refractivity contribution >= 4 is 23.1 Å². The highest BCUT2D eigenvalue weighted by Gasteiger charge is 2.42. The molecule has 29 heavy (non-hydrogen) atoms. The predicted molar refractivity (Wildman–Crippen MR) is 116 cm³/mol. The van der Waals surface area contributed by atoms with Crippen molar-refractivity contribution in [2.75, 3.05) is 0 Å². The minimum atomic E-state index is -0.0249. The third-order valence-corrected chi connectivity index (χ3v) is 6.11. The van der Waals surface area contributed by atoms with Gasteiger partial charge in [0.2, 0.25) is 0 Å². The Bertz CT molecular complexity index is 1230. The molecule has 0 saturated heterocycles. The molecule has 138 valence electrons. The van der Waals surface area contributed by atoms with Gasteiger partial charge in [-0.2, -0.15) is 5.26 Å². The summed E-state index contributed by atoms with van der Waals surface area (Å²) in [6, 6.07) is 12.4. The van der Waals surface area contributed by atoms with E-state index in [1.54, 1.807) is 0 Å². The number of ether oxygens (including phenoxy) is 2. The normalized spacial score (nSPS) is 12.6. The van der Waals surface area contributed by atoms with Gasteiger partial charge in [0, 0.05) is 22.2 Å². The van der Waals surface area contributed by atoms with E-state index >= 15 is 0 Å². The largest absolute Gasteiger partial charge is 0.458 e. The molecule has 0 amide bonds. The highest BCUT2D eigenvalue weighted by molar-refractivity contribution is 6.98. The Morgan fingerprint density at radius 3 is 1.90 bits per heavy atom. The Hall–Kier alpha value is -3.63. The Balaban J connectivity index is 1.90. The van der Waals surface area contributed by atoms with Gasteiger partial charge in [-0.05, 0) is 61.9 Å². The monoisotopic (exact) mass is 375 g/mol. The van der Waals surface area contributed by atoms with Crippen molar-refractivity contribution < 1.29 is 9.47 Å². The van der Waals surface area contributed by atoms with Crippen LogP contribution in [0.2, 0.25) is 0 Å². The predicted octanol–water partition coefficient (Wildman–Crippen LogP) is 3.50. The summed E-state index contributed by atoms with van der Waals surface area (Å²) in [5.41, 5.74) is 8.60. The van der Waals surface area contributed by atoms with Gasteiger partial charge >= 0.3 is 0 Å². The molecule has 0 aliphatic carbocycles. The summed E-state index contributed by atoms with van der Waals surface area (Å²) in [6.07, 6.45) is 5.77. The summed E-state index contributed by atoms with van der Waals surface area (Å²) in [5.74, 6) is 5.97. The van der Waals surface area contributed by atoms with Gasteiger partial charge in [-0.15, -0.1) is 6.42 Å². The van der Waals surface area contributed by atoms with Crippen LogP contribution in [0.3, 0.4) is 0 Å². The summed E-state index contributed by atoms with van der Waals surface area (Å²) in [7, 11) is 0. The topological polar surface area (TPSA) is 42.2 Å². The molecule has 3 aromatic rings. The van der Waals surface area contributed by atoms with E-state index in [4.69, 9.17) is 15.9 Å². The van der Waals surface area contributed by atoms with Crippen LogP contribution in [0.5, 0.6) is 23.0 Å². The van der Waals surface area contributed by atoms with Crippen LogP contribution in [0.1, 0.15) is 33.4 Å². The summed E-state index contributed by atoms with van der Waals surface area (Å²) in [5, 5.41) is 9.62. The fourth-order valence-corrected chi connectivity index (χ4v) is 4.77. The Morgan fingerprint density at radius 1 is 0.862 bits per heavy atom. The lowest BCUT2D eigenvalue weighted by Gasteiger charge is -2.35. The molecule has 2 aliphatic heterocycles. The molecule has 0 fully saturated rings. The van der Waals surface area contributed by atoms with Crippen molar-refractivity contribution in [2.45, 2.75) is 27.7 Å². The lowest BCUT2D eigenvalue weighted by Crippen LogP contribution is -2.58. The smallest absolute Gasteiger partial charge is 0.260 e. The number of aryl methyl sites for hydroxylation is 2. The minimum absolute atomic E-state index is 0.0249. The molecule has 4 heteroatoms. The maximum Gasteiger partial charge on any atom is 0.260 e. The maximum absolute atomic E-state index is 9.62. The number of nitrogens with zero attached hydrogens (tertiary/aromatic N) is 1. The van der Waals surface area contributed by atoms with E-state index < -0.39 is 0 Å². The number of rotatable bonds is 0. The molecule has 5 rings (SSSR count). The SMILES string of the molecule is C#Cc1c(C)cc2c(c1C)Oc1cccc3c1B2c1cc(C)c(C#N)c(C)c1O3. The molecular weight excluding hydrogens is 357 g/mol. The van der Waals surface area contributed by atoms with Gasteiger partial charge < -0.3 is 9.47 Å². The molecule has 2 heterocycles. The zero-order valence-electron chi connectivity index (χ0n) is 16.8. The molecule has 0 spiro atoms. The van der Waals surface area contributed by atoms with Crippen LogP contribution in [0, 0.1) is 51.4 Å². The number of fused-ring (bicyclic) bond motifs is 4. The third-order valence-electron chi connectivity index (χ3n) is 6.11. The second-order valence-electron chi connectivity index (χ2n) is 7.78. The minimum Gasteiger partial charge on any atom is -0.458 e. The second-order valence-corrected chi connectivity index (χ2v) is 7.78. The van der Waals surface area contributed by atoms with Crippen molar-refractivity contribution in [3.8, 4) is 41.4 Å². The molecule has 0 radical (unpaired) electrons. The third kappa shape index (κ3) is 2.21. The zero-order chi connectivity index (χ0) is 20.4. The van der Waals surface area contributed by atoms with Gasteiger partial charge in [0.15, 0.2) is 0 Å². The van der Waals surface area contributed by atoms with E-state index in [1.165, 1.54) is 0 Å². The van der Waals surface area contributed by atoms with Crippen LogP contribution in [-0.2, 0) is 0 Å². The second kappa shape index (κ2) is 5.93. The molecule has 0 saturated carbocycles. The van der Waals surface area contributed by atoms with Crippen molar-refractivity contribution in [1.29, 1.82) is 5.26 Å². The first-order chi connectivity index (χ1) is 14.0. The average Bonchev–Trinajstić information content (AvgIpc) is 2.70. The van der Waals surface area contributed by atoms with Crippen molar-refractivity contribution in [1.82, 2.24) is 0 Å². The summed E-state index contributed by atoms with van der Waals surface area (Å²) in [6.45, 7) is 7.97. The standard InChI is InChI=1S/C25H18BNO2/c1-6-17-13(2)10-19-24(15(17)4)28-21-8-7-9-22-23(21)26(19)20-11-14(3)18(12-27)16(5)25(20)29-22/h1,7-11H,2-5H3. The molecule has 3 aromatic carbocycles. The highest BCUT2D eigenvalue weighted by Crippen LogP contribution is 2.38.